The summed E-state index contributed by atoms with van der Waals surface area (Å²) in [5.41, 5.74) is 6.90. The predicted octanol–water partition coefficient (Wildman–Crippen LogP) is 3.38. The van der Waals surface area contributed by atoms with Gasteiger partial charge in [0, 0.05) is 10.5 Å². The molecule has 2 aliphatic rings. The molecule has 0 amide bonds. The van der Waals surface area contributed by atoms with Crippen LogP contribution in [-0.4, -0.2) is 23.4 Å². The molecule has 0 spiro atoms. The molecule has 1 heterocycles. The summed E-state index contributed by atoms with van der Waals surface area (Å²) in [4.78, 5) is 6.71. The Bertz CT molecular complexity index is 554. The molecule has 1 atom stereocenters. The summed E-state index contributed by atoms with van der Waals surface area (Å²) in [6.07, 6.45) is 4.81. The monoisotopic (exact) mass is 339 g/mol. The van der Waals surface area contributed by atoms with Crippen molar-refractivity contribution in [2.75, 3.05) is 6.54 Å². The van der Waals surface area contributed by atoms with Crippen LogP contribution in [0.3, 0.4) is 0 Å². The van der Waals surface area contributed by atoms with Crippen molar-refractivity contribution in [3.8, 4) is 0 Å². The molecule has 1 aromatic rings. The number of halogens is 2. The van der Waals surface area contributed by atoms with Gasteiger partial charge in [0.25, 0.3) is 0 Å². The van der Waals surface area contributed by atoms with Gasteiger partial charge in [-0.25, -0.2) is 4.39 Å². The molecular weight excluding hydrogens is 321 g/mol. The highest BCUT2D eigenvalue weighted by atomic mass is 79.9. The second-order valence-corrected chi connectivity index (χ2v) is 6.74. The number of hydrogen-bond donors (Lipinski definition) is 1. The maximum atomic E-state index is 13.3. The molecule has 3 nitrogen and oxygen atoms in total. The van der Waals surface area contributed by atoms with Crippen LogP contribution in [0.2, 0.25) is 0 Å². The molecule has 1 saturated carbocycles. The first-order valence-corrected chi connectivity index (χ1v) is 7.86. The van der Waals surface area contributed by atoms with Crippen LogP contribution in [-0.2, 0) is 5.54 Å². The molecule has 0 saturated heterocycles. The number of rotatable bonds is 2. The minimum Gasteiger partial charge on any atom is -0.370 e. The Labute approximate surface area is 127 Å². The maximum absolute atomic E-state index is 13.3. The molecule has 108 valence electrons. The molecule has 0 bridgehead atoms. The highest BCUT2D eigenvalue weighted by molar-refractivity contribution is 9.10. The summed E-state index contributed by atoms with van der Waals surface area (Å²) in [6.45, 7) is 2.77. The van der Waals surface area contributed by atoms with Crippen LogP contribution in [0.1, 0.15) is 38.2 Å². The van der Waals surface area contributed by atoms with Crippen LogP contribution in [0, 0.1) is 5.82 Å². The normalized spacial score (nSPS) is 27.1. The Balaban J connectivity index is 2.01. The molecule has 1 aromatic carbocycles. The SMILES string of the molecule is CC1(c2ccc(F)cc2Br)CN=C(N)N1C1CCCC1. The Kier molecular flexibility index (Phi) is 3.48. The second-order valence-electron chi connectivity index (χ2n) is 5.88. The lowest BCUT2D eigenvalue weighted by molar-refractivity contribution is 0.166. The first-order valence-electron chi connectivity index (χ1n) is 7.07. The highest BCUT2D eigenvalue weighted by Crippen LogP contribution is 2.41. The van der Waals surface area contributed by atoms with Crippen LogP contribution in [0.15, 0.2) is 27.7 Å². The lowest BCUT2D eigenvalue weighted by atomic mass is 9.89. The fraction of sp³-hybridized carbons (Fsp3) is 0.533. The second kappa shape index (κ2) is 5.02. The molecule has 3 rings (SSSR count). The Hall–Kier alpha value is -1.10. The van der Waals surface area contributed by atoms with Crippen LogP contribution in [0.25, 0.3) is 0 Å². The van der Waals surface area contributed by atoms with E-state index in [1.165, 1.54) is 25.0 Å². The fourth-order valence-corrected chi connectivity index (χ4v) is 4.31. The zero-order valence-electron chi connectivity index (χ0n) is 11.6. The van der Waals surface area contributed by atoms with E-state index in [1.54, 1.807) is 0 Å². The standard InChI is InChI=1S/C15H19BrFN3/c1-15(12-7-6-10(17)8-13(12)16)9-19-14(18)20(15)11-4-2-3-5-11/h6-8,11H,2-5,9H2,1H3,(H2,18,19). The quantitative estimate of drug-likeness (QED) is 0.897. The van der Waals surface area contributed by atoms with Crippen LogP contribution < -0.4 is 5.73 Å². The van der Waals surface area contributed by atoms with Gasteiger partial charge in [-0.2, -0.15) is 0 Å². The van der Waals surface area contributed by atoms with Gasteiger partial charge in [-0.3, -0.25) is 4.99 Å². The van der Waals surface area contributed by atoms with E-state index in [4.69, 9.17) is 5.73 Å². The number of benzene rings is 1. The largest absolute Gasteiger partial charge is 0.370 e. The smallest absolute Gasteiger partial charge is 0.192 e. The van der Waals surface area contributed by atoms with E-state index in [-0.39, 0.29) is 11.4 Å². The third kappa shape index (κ3) is 2.12. The molecule has 20 heavy (non-hydrogen) atoms. The minimum absolute atomic E-state index is 0.233. The van der Waals surface area contributed by atoms with Gasteiger partial charge in [-0.05, 0) is 37.5 Å². The van der Waals surface area contributed by atoms with Gasteiger partial charge in [0.05, 0.1) is 12.1 Å². The Morgan fingerprint density at radius 1 is 1.40 bits per heavy atom. The van der Waals surface area contributed by atoms with E-state index in [1.807, 2.05) is 6.07 Å². The van der Waals surface area contributed by atoms with Crippen molar-refractivity contribution in [1.29, 1.82) is 0 Å². The van der Waals surface area contributed by atoms with Crippen molar-refractivity contribution in [3.05, 3.63) is 34.1 Å². The van der Waals surface area contributed by atoms with Gasteiger partial charge in [-0.15, -0.1) is 0 Å². The van der Waals surface area contributed by atoms with Crippen molar-refractivity contribution in [3.63, 3.8) is 0 Å². The summed E-state index contributed by atoms with van der Waals surface area (Å²) in [5.74, 6) is 0.388. The van der Waals surface area contributed by atoms with Gasteiger partial charge in [0.1, 0.15) is 5.82 Å². The molecule has 1 unspecified atom stereocenters. The van der Waals surface area contributed by atoms with E-state index < -0.39 is 0 Å². The molecule has 1 fully saturated rings. The zero-order valence-corrected chi connectivity index (χ0v) is 13.2. The topological polar surface area (TPSA) is 41.6 Å². The van der Waals surface area contributed by atoms with Gasteiger partial charge >= 0.3 is 0 Å². The molecule has 2 N–H and O–H groups in total. The summed E-state index contributed by atoms with van der Waals surface area (Å²) in [7, 11) is 0. The molecule has 1 aliphatic heterocycles. The fourth-order valence-electron chi connectivity index (χ4n) is 3.53. The van der Waals surface area contributed by atoms with Crippen LogP contribution >= 0.6 is 15.9 Å². The van der Waals surface area contributed by atoms with Gasteiger partial charge < -0.3 is 10.6 Å². The minimum atomic E-state index is -0.286. The van der Waals surface area contributed by atoms with Crippen molar-refractivity contribution >= 4 is 21.9 Å². The number of nitrogens with zero attached hydrogens (tertiary/aromatic N) is 2. The zero-order chi connectivity index (χ0) is 14.3. The highest BCUT2D eigenvalue weighted by Gasteiger charge is 2.44. The molecule has 5 heteroatoms. The molecule has 0 aromatic heterocycles. The third-order valence-electron chi connectivity index (χ3n) is 4.53. The van der Waals surface area contributed by atoms with Crippen molar-refractivity contribution < 1.29 is 4.39 Å². The molecular formula is C15H19BrFN3. The number of guanidine groups is 1. The summed E-state index contributed by atoms with van der Waals surface area (Å²) in [5, 5.41) is 0. The first-order chi connectivity index (χ1) is 9.52. The van der Waals surface area contributed by atoms with E-state index in [0.29, 0.717) is 18.5 Å². The Morgan fingerprint density at radius 3 is 2.75 bits per heavy atom. The lowest BCUT2D eigenvalue weighted by Crippen LogP contribution is -2.52. The average molecular weight is 340 g/mol. The van der Waals surface area contributed by atoms with Gasteiger partial charge in [0.2, 0.25) is 0 Å². The molecule has 0 radical (unpaired) electrons. The maximum Gasteiger partial charge on any atom is 0.192 e. The third-order valence-corrected chi connectivity index (χ3v) is 5.18. The van der Waals surface area contributed by atoms with Crippen molar-refractivity contribution in [2.24, 2.45) is 10.7 Å². The number of nitrogens with two attached hydrogens (primary N) is 1. The van der Waals surface area contributed by atoms with Gasteiger partial charge in [-0.1, -0.05) is 34.8 Å². The van der Waals surface area contributed by atoms with E-state index >= 15 is 0 Å². The predicted molar refractivity (Wildman–Crippen MR) is 82.0 cm³/mol. The summed E-state index contributed by atoms with van der Waals surface area (Å²) >= 11 is 3.49. The Morgan fingerprint density at radius 2 is 2.10 bits per heavy atom. The molecule has 1 aliphatic carbocycles. The lowest BCUT2D eigenvalue weighted by Gasteiger charge is -2.41. The average Bonchev–Trinajstić information content (AvgIpc) is 2.98. The van der Waals surface area contributed by atoms with Gasteiger partial charge in [0.15, 0.2) is 5.96 Å². The summed E-state index contributed by atoms with van der Waals surface area (Å²) in [6, 6.07) is 5.31. The van der Waals surface area contributed by atoms with Crippen molar-refractivity contribution in [1.82, 2.24) is 4.90 Å². The number of aliphatic imine (C=N–C) groups is 1. The van der Waals surface area contributed by atoms with Crippen LogP contribution in [0.4, 0.5) is 4.39 Å². The number of hydrogen-bond acceptors (Lipinski definition) is 3. The van der Waals surface area contributed by atoms with E-state index in [9.17, 15) is 4.39 Å². The van der Waals surface area contributed by atoms with E-state index in [2.05, 4.69) is 32.7 Å². The first kappa shape index (κ1) is 13.9. The van der Waals surface area contributed by atoms with Crippen molar-refractivity contribution in [2.45, 2.75) is 44.2 Å². The summed E-state index contributed by atoms with van der Waals surface area (Å²) < 4.78 is 14.1. The van der Waals surface area contributed by atoms with E-state index in [0.717, 1.165) is 22.9 Å². The van der Waals surface area contributed by atoms with Crippen LogP contribution in [0.5, 0.6) is 0 Å².